The lowest BCUT2D eigenvalue weighted by Crippen LogP contribution is -2.44. The number of allylic oxidation sites excluding steroid dienone is 2. The third kappa shape index (κ3) is 1.47. The normalized spacial score (nSPS) is 39.6. The first kappa shape index (κ1) is 10.9. The first-order valence-electron chi connectivity index (χ1n) is 6.13. The van der Waals surface area contributed by atoms with Crippen LogP contribution < -0.4 is 0 Å². The van der Waals surface area contributed by atoms with E-state index in [4.69, 9.17) is 0 Å². The Labute approximate surface area is 92.9 Å². The van der Waals surface area contributed by atoms with Crippen LogP contribution in [0.2, 0.25) is 0 Å². The van der Waals surface area contributed by atoms with Crippen molar-refractivity contribution in [2.45, 2.75) is 53.4 Å². The fourth-order valence-corrected chi connectivity index (χ4v) is 3.60. The first-order chi connectivity index (χ1) is 6.88. The molecule has 0 aromatic rings. The molecule has 2 unspecified atom stereocenters. The van der Waals surface area contributed by atoms with Gasteiger partial charge in [-0.2, -0.15) is 0 Å². The van der Waals surface area contributed by atoms with Crippen molar-refractivity contribution in [2.24, 2.45) is 16.7 Å². The number of hydrogen-bond acceptors (Lipinski definition) is 1. The van der Waals surface area contributed by atoms with Gasteiger partial charge in [0.05, 0.1) is 0 Å². The minimum atomic E-state index is -0.139. The molecule has 84 valence electrons. The van der Waals surface area contributed by atoms with Gasteiger partial charge in [-0.15, -0.1) is 0 Å². The number of hydrogen-bond donors (Lipinski definition) is 0. The molecule has 0 saturated heterocycles. The number of carbonyl (C=O) groups is 1. The molecule has 2 aliphatic rings. The van der Waals surface area contributed by atoms with Crippen LogP contribution in [-0.2, 0) is 4.79 Å². The highest BCUT2D eigenvalue weighted by Crippen LogP contribution is 2.54. The number of Topliss-reactive ketones (excluding diaryl/α,β-unsaturated/α-hetero) is 1. The van der Waals surface area contributed by atoms with Crippen molar-refractivity contribution in [2.75, 3.05) is 0 Å². The van der Waals surface area contributed by atoms with Crippen molar-refractivity contribution in [1.29, 1.82) is 0 Å². The average Bonchev–Trinajstić information content (AvgIpc) is 2.12. The van der Waals surface area contributed by atoms with E-state index in [1.54, 1.807) is 0 Å². The van der Waals surface area contributed by atoms with E-state index >= 15 is 0 Å². The third-order valence-corrected chi connectivity index (χ3v) is 4.47. The Kier molecular flexibility index (Phi) is 2.33. The van der Waals surface area contributed by atoms with Crippen molar-refractivity contribution < 1.29 is 4.79 Å². The standard InChI is InChI=1S/C14H22O/c1-10-6-7-11-13(2,3)8-5-9-14(11,4)12(10)15/h7,10H,5-6,8-9H2,1-4H3. The molecule has 0 bridgehead atoms. The minimum absolute atomic E-state index is 0.139. The molecule has 1 saturated carbocycles. The molecule has 2 atom stereocenters. The van der Waals surface area contributed by atoms with Gasteiger partial charge in [0.2, 0.25) is 0 Å². The van der Waals surface area contributed by atoms with Crippen molar-refractivity contribution in [3.8, 4) is 0 Å². The monoisotopic (exact) mass is 206 g/mol. The SMILES string of the molecule is CC1CC=C2C(C)(C)CCCC2(C)C1=O. The molecule has 2 aliphatic carbocycles. The summed E-state index contributed by atoms with van der Waals surface area (Å²) in [7, 11) is 0. The topological polar surface area (TPSA) is 17.1 Å². The molecule has 0 aliphatic heterocycles. The smallest absolute Gasteiger partial charge is 0.145 e. The molecular weight excluding hydrogens is 184 g/mol. The molecule has 1 fully saturated rings. The van der Waals surface area contributed by atoms with Crippen LogP contribution in [0.1, 0.15) is 53.4 Å². The largest absolute Gasteiger partial charge is 0.298 e. The van der Waals surface area contributed by atoms with E-state index in [2.05, 4.69) is 33.8 Å². The molecule has 0 N–H and O–H groups in total. The second kappa shape index (κ2) is 3.20. The van der Waals surface area contributed by atoms with Crippen LogP contribution >= 0.6 is 0 Å². The van der Waals surface area contributed by atoms with Gasteiger partial charge in [0.25, 0.3) is 0 Å². The number of carbonyl (C=O) groups excluding carboxylic acids is 1. The molecule has 0 spiro atoms. The lowest BCUT2D eigenvalue weighted by Gasteiger charge is -2.48. The van der Waals surface area contributed by atoms with Gasteiger partial charge in [-0.3, -0.25) is 4.79 Å². The molecule has 2 rings (SSSR count). The van der Waals surface area contributed by atoms with E-state index in [0.29, 0.717) is 5.78 Å². The molecule has 15 heavy (non-hydrogen) atoms. The Morgan fingerprint density at radius 2 is 1.93 bits per heavy atom. The Bertz CT molecular complexity index is 324. The maximum Gasteiger partial charge on any atom is 0.145 e. The van der Waals surface area contributed by atoms with Gasteiger partial charge in [-0.1, -0.05) is 38.8 Å². The zero-order chi connectivity index (χ0) is 11.3. The highest BCUT2D eigenvalue weighted by molar-refractivity contribution is 5.91. The van der Waals surface area contributed by atoms with Crippen LogP contribution in [0.3, 0.4) is 0 Å². The maximum absolute atomic E-state index is 12.3. The summed E-state index contributed by atoms with van der Waals surface area (Å²) in [6.07, 6.45) is 6.79. The third-order valence-electron chi connectivity index (χ3n) is 4.47. The first-order valence-corrected chi connectivity index (χ1v) is 6.13. The average molecular weight is 206 g/mol. The predicted molar refractivity (Wildman–Crippen MR) is 62.6 cm³/mol. The quantitative estimate of drug-likeness (QED) is 0.552. The zero-order valence-electron chi connectivity index (χ0n) is 10.4. The summed E-state index contributed by atoms with van der Waals surface area (Å²) in [5.41, 5.74) is 1.52. The van der Waals surface area contributed by atoms with Crippen molar-refractivity contribution in [3.63, 3.8) is 0 Å². The minimum Gasteiger partial charge on any atom is -0.298 e. The number of fused-ring (bicyclic) bond motifs is 1. The summed E-state index contributed by atoms with van der Waals surface area (Å²) in [6.45, 7) is 8.82. The molecule has 1 heteroatoms. The molecule has 0 aromatic heterocycles. The highest BCUT2D eigenvalue weighted by Gasteiger charge is 2.48. The fraction of sp³-hybridized carbons (Fsp3) is 0.786. The fourth-order valence-electron chi connectivity index (χ4n) is 3.60. The van der Waals surface area contributed by atoms with E-state index in [1.807, 2.05) is 0 Å². The van der Waals surface area contributed by atoms with E-state index in [-0.39, 0.29) is 16.7 Å². The highest BCUT2D eigenvalue weighted by atomic mass is 16.1. The summed E-state index contributed by atoms with van der Waals surface area (Å²) in [4.78, 5) is 12.3. The summed E-state index contributed by atoms with van der Waals surface area (Å²) in [5.74, 6) is 0.709. The Hall–Kier alpha value is -0.590. The van der Waals surface area contributed by atoms with Crippen LogP contribution in [0.15, 0.2) is 11.6 Å². The lowest BCUT2D eigenvalue weighted by molar-refractivity contribution is -0.132. The van der Waals surface area contributed by atoms with Gasteiger partial charge in [-0.25, -0.2) is 0 Å². The second-order valence-electron chi connectivity index (χ2n) is 6.19. The number of ketones is 1. The van der Waals surface area contributed by atoms with Crippen molar-refractivity contribution in [3.05, 3.63) is 11.6 Å². The van der Waals surface area contributed by atoms with Gasteiger partial charge in [0, 0.05) is 11.3 Å². The molecule has 0 heterocycles. The van der Waals surface area contributed by atoms with Crippen LogP contribution in [0.5, 0.6) is 0 Å². The van der Waals surface area contributed by atoms with E-state index in [0.717, 1.165) is 12.8 Å². The van der Waals surface area contributed by atoms with Gasteiger partial charge >= 0.3 is 0 Å². The van der Waals surface area contributed by atoms with Gasteiger partial charge < -0.3 is 0 Å². The lowest BCUT2D eigenvalue weighted by atomic mass is 9.55. The van der Waals surface area contributed by atoms with Crippen LogP contribution in [0.25, 0.3) is 0 Å². The molecule has 0 aromatic carbocycles. The maximum atomic E-state index is 12.3. The van der Waals surface area contributed by atoms with Crippen LogP contribution in [-0.4, -0.2) is 5.78 Å². The Balaban J connectivity index is 2.47. The summed E-state index contributed by atoms with van der Waals surface area (Å²) >= 11 is 0. The Morgan fingerprint density at radius 1 is 1.27 bits per heavy atom. The van der Waals surface area contributed by atoms with E-state index < -0.39 is 0 Å². The molecule has 1 nitrogen and oxygen atoms in total. The summed E-state index contributed by atoms with van der Waals surface area (Å²) in [6, 6.07) is 0. The van der Waals surface area contributed by atoms with Crippen molar-refractivity contribution >= 4 is 5.78 Å². The van der Waals surface area contributed by atoms with Gasteiger partial charge in [0.1, 0.15) is 5.78 Å². The van der Waals surface area contributed by atoms with Crippen LogP contribution in [0.4, 0.5) is 0 Å². The van der Waals surface area contributed by atoms with E-state index in [1.165, 1.54) is 18.4 Å². The zero-order valence-corrected chi connectivity index (χ0v) is 10.4. The summed E-state index contributed by atoms with van der Waals surface area (Å²) in [5, 5.41) is 0. The molecule has 0 amide bonds. The van der Waals surface area contributed by atoms with Gasteiger partial charge in [0.15, 0.2) is 0 Å². The van der Waals surface area contributed by atoms with Gasteiger partial charge in [-0.05, 0) is 31.6 Å². The number of rotatable bonds is 0. The predicted octanol–water partition coefficient (Wildman–Crippen LogP) is 3.74. The van der Waals surface area contributed by atoms with Crippen LogP contribution in [0, 0.1) is 16.7 Å². The molecular formula is C14H22O. The van der Waals surface area contributed by atoms with E-state index in [9.17, 15) is 4.79 Å². The van der Waals surface area contributed by atoms with Crippen molar-refractivity contribution in [1.82, 2.24) is 0 Å². The molecule has 0 radical (unpaired) electrons. The second-order valence-corrected chi connectivity index (χ2v) is 6.19. The Morgan fingerprint density at radius 3 is 2.60 bits per heavy atom. The summed E-state index contributed by atoms with van der Waals surface area (Å²) < 4.78 is 0.